The maximum absolute atomic E-state index is 5.21. The Hall–Kier alpha value is -0.0400. The number of hydrogen-bond acceptors (Lipinski definition) is 1. The Bertz CT molecular complexity index is 25.1. The molecule has 37 valence electrons. The lowest BCUT2D eigenvalue weighted by atomic mass is 10.1. The molecule has 0 aromatic heterocycles. The van der Waals surface area contributed by atoms with E-state index in [9.17, 15) is 0 Å². The topological polar surface area (TPSA) is 26.0 Å². The zero-order valence-corrected chi connectivity index (χ0v) is 4.49. The molecule has 0 heterocycles. The van der Waals surface area contributed by atoms with Crippen molar-refractivity contribution in [1.82, 2.24) is 0 Å². The molecular weight excluding hydrogens is 74.1 g/mol. The van der Waals surface area contributed by atoms with Crippen LogP contribution in [-0.2, 0) is 0 Å². The van der Waals surface area contributed by atoms with Gasteiger partial charge in [-0.1, -0.05) is 13.8 Å². The minimum absolute atomic E-state index is 0.794. The molecule has 1 nitrogen and oxygen atoms in total. The summed E-state index contributed by atoms with van der Waals surface area (Å²) in [6.45, 7) is 4.97. The van der Waals surface area contributed by atoms with Crippen LogP contribution < -0.4 is 5.73 Å². The lowest BCUT2D eigenvalue weighted by Crippen LogP contribution is -2.00. The van der Waals surface area contributed by atoms with Crippen molar-refractivity contribution in [2.45, 2.75) is 20.3 Å². The van der Waals surface area contributed by atoms with Crippen molar-refractivity contribution in [1.29, 1.82) is 0 Å². The van der Waals surface area contributed by atoms with Gasteiger partial charge in [0.1, 0.15) is 0 Å². The van der Waals surface area contributed by atoms with Crippen LogP contribution in [0.1, 0.15) is 20.3 Å². The maximum atomic E-state index is 5.21. The minimum Gasteiger partial charge on any atom is -0.330 e. The summed E-state index contributed by atoms with van der Waals surface area (Å²) in [5, 5.41) is 0. The van der Waals surface area contributed by atoms with Crippen LogP contribution in [0.15, 0.2) is 0 Å². The molecule has 0 aliphatic carbocycles. The van der Waals surface area contributed by atoms with Gasteiger partial charge in [-0.05, 0) is 18.9 Å². The summed E-state index contributed by atoms with van der Waals surface area (Å²) in [4.78, 5) is 0. The van der Waals surface area contributed by atoms with Crippen LogP contribution in [0.5, 0.6) is 0 Å². The van der Waals surface area contributed by atoms with Crippen LogP contribution in [0.2, 0.25) is 0 Å². The van der Waals surface area contributed by atoms with Gasteiger partial charge in [-0.25, -0.2) is 0 Å². The van der Waals surface area contributed by atoms with Crippen molar-refractivity contribution < 1.29 is 0 Å². The molecule has 0 aromatic carbocycles. The van der Waals surface area contributed by atoms with E-state index >= 15 is 0 Å². The number of hydrogen-bond donors (Lipinski definition) is 1. The van der Waals surface area contributed by atoms with Crippen LogP contribution in [-0.4, -0.2) is 6.54 Å². The molecule has 0 unspecified atom stereocenters. The van der Waals surface area contributed by atoms with Gasteiger partial charge in [0.25, 0.3) is 0 Å². The Kier molecular flexibility index (Phi) is 3.14. The largest absolute Gasteiger partial charge is 0.330 e. The average molecular weight is 86.2 g/mol. The Balaban J connectivity index is 2.63. The highest BCUT2D eigenvalue weighted by Gasteiger charge is 1.86. The van der Waals surface area contributed by atoms with Gasteiger partial charge in [0.05, 0.1) is 0 Å². The van der Waals surface area contributed by atoms with E-state index < -0.39 is 0 Å². The molecule has 0 amide bonds. The second-order valence-corrected chi connectivity index (χ2v) is 1.75. The van der Waals surface area contributed by atoms with Crippen molar-refractivity contribution in [2.75, 3.05) is 6.54 Å². The fourth-order valence-electron chi connectivity index (χ4n) is 0.289. The molecule has 0 aliphatic heterocycles. The van der Waals surface area contributed by atoms with Gasteiger partial charge in [0, 0.05) is 0 Å². The normalized spacial score (nSPS) is 10.0. The summed E-state index contributed by atoms with van der Waals surface area (Å²) >= 11 is 0. The lowest BCUT2D eigenvalue weighted by Gasteiger charge is -1.95. The van der Waals surface area contributed by atoms with Gasteiger partial charge in [0.2, 0.25) is 0 Å². The van der Waals surface area contributed by atoms with Gasteiger partial charge in [0.15, 0.2) is 0 Å². The van der Waals surface area contributed by atoms with Gasteiger partial charge >= 0.3 is 0 Å². The highest BCUT2D eigenvalue weighted by atomic mass is 14.5. The third kappa shape index (κ3) is 3.96. The number of nitrogens with two attached hydrogens (primary N) is 1. The zero-order chi connectivity index (χ0) is 4.99. The Morgan fingerprint density at radius 3 is 2.00 bits per heavy atom. The molecule has 6 heavy (non-hydrogen) atoms. The predicted molar refractivity (Wildman–Crippen MR) is 28.3 cm³/mol. The fourth-order valence-corrected chi connectivity index (χ4v) is 0.289. The molecule has 2 N–H and O–H groups in total. The second kappa shape index (κ2) is 3.16. The summed E-state index contributed by atoms with van der Waals surface area (Å²) in [7, 11) is 0. The molecule has 0 aromatic rings. The van der Waals surface area contributed by atoms with Crippen LogP contribution in [0.25, 0.3) is 0 Å². The first-order chi connectivity index (χ1) is 2.77. The van der Waals surface area contributed by atoms with Crippen molar-refractivity contribution in [3.8, 4) is 0 Å². The highest BCUT2D eigenvalue weighted by molar-refractivity contribution is 4.75. The Morgan fingerprint density at radius 2 is 2.00 bits per heavy atom. The molecule has 0 fully saturated rings. The number of rotatable bonds is 2. The smallest absolute Gasteiger partial charge is 0.00720 e. The summed E-state index contributed by atoms with van der Waals surface area (Å²) in [6.07, 6.45) is 1.07. The molecule has 0 saturated carbocycles. The third-order valence-electron chi connectivity index (χ3n) is 0.644. The molecule has 1 heteroatoms. The van der Waals surface area contributed by atoms with Gasteiger partial charge in [-0.3, -0.25) is 0 Å². The van der Waals surface area contributed by atoms with Crippen LogP contribution in [0.3, 0.4) is 0 Å². The van der Waals surface area contributed by atoms with Crippen molar-refractivity contribution in [2.24, 2.45) is 5.73 Å². The quantitative estimate of drug-likeness (QED) is 0.532. The predicted octanol–water partition coefficient (Wildman–Crippen LogP) is 0.949. The molecule has 0 saturated heterocycles. The highest BCUT2D eigenvalue weighted by Crippen LogP contribution is 1.97. The first kappa shape index (κ1) is 5.96. The molecule has 0 rings (SSSR count). The zero-order valence-electron chi connectivity index (χ0n) is 4.49. The Labute approximate surface area is 39.5 Å². The first-order valence-electron chi connectivity index (χ1n) is 2.26. The lowest BCUT2D eigenvalue weighted by molar-refractivity contribution is 0.842. The molecule has 0 spiro atoms. The maximum Gasteiger partial charge on any atom is -0.00720 e. The Morgan fingerprint density at radius 1 is 1.50 bits per heavy atom. The van der Waals surface area contributed by atoms with E-state index in [1.807, 2.05) is 0 Å². The van der Waals surface area contributed by atoms with Crippen LogP contribution in [0, 0.1) is 5.92 Å². The van der Waals surface area contributed by atoms with Gasteiger partial charge in [-0.15, -0.1) is 0 Å². The second-order valence-electron chi connectivity index (χ2n) is 1.75. The fraction of sp³-hybridized carbons (Fsp3) is 0.800. The molecule has 1 radical (unpaired) electrons. The standard InChI is InChI=1S/C5H12N/c1-5(2)3-4-6/h3-4,6H2,1-2H3. The molecular formula is C5H12N. The van der Waals surface area contributed by atoms with Crippen molar-refractivity contribution in [3.05, 3.63) is 5.92 Å². The van der Waals surface area contributed by atoms with Gasteiger partial charge < -0.3 is 5.73 Å². The van der Waals surface area contributed by atoms with Crippen molar-refractivity contribution >= 4 is 0 Å². The monoisotopic (exact) mass is 86.1 g/mol. The van der Waals surface area contributed by atoms with E-state index in [4.69, 9.17) is 5.73 Å². The SMILES string of the molecule is C[C](C)CCN. The molecule has 0 atom stereocenters. The molecule has 0 aliphatic rings. The van der Waals surface area contributed by atoms with E-state index in [0.29, 0.717) is 0 Å². The summed E-state index contributed by atoms with van der Waals surface area (Å²) in [6, 6.07) is 0. The van der Waals surface area contributed by atoms with E-state index in [2.05, 4.69) is 13.8 Å². The molecule has 0 bridgehead atoms. The van der Waals surface area contributed by atoms with Crippen LogP contribution >= 0.6 is 0 Å². The van der Waals surface area contributed by atoms with E-state index in [0.717, 1.165) is 13.0 Å². The van der Waals surface area contributed by atoms with Crippen LogP contribution in [0.4, 0.5) is 0 Å². The van der Waals surface area contributed by atoms with Crippen molar-refractivity contribution in [3.63, 3.8) is 0 Å². The summed E-state index contributed by atoms with van der Waals surface area (Å²) < 4.78 is 0. The minimum atomic E-state index is 0.794. The van der Waals surface area contributed by atoms with E-state index in [1.54, 1.807) is 0 Å². The average Bonchev–Trinajstić information content (AvgIpc) is 1.35. The first-order valence-corrected chi connectivity index (χ1v) is 2.26. The third-order valence-corrected chi connectivity index (χ3v) is 0.644. The summed E-state index contributed by atoms with van der Waals surface area (Å²) in [5.74, 6) is 1.41. The van der Waals surface area contributed by atoms with E-state index in [-0.39, 0.29) is 0 Å². The van der Waals surface area contributed by atoms with Gasteiger partial charge in [-0.2, -0.15) is 0 Å². The summed E-state index contributed by atoms with van der Waals surface area (Å²) in [5.41, 5.74) is 5.21. The van der Waals surface area contributed by atoms with E-state index in [1.165, 1.54) is 5.92 Å².